The molecule has 59 heavy (non-hydrogen) atoms. The van der Waals surface area contributed by atoms with Gasteiger partial charge in [-0.2, -0.15) is 0 Å². The predicted molar refractivity (Wildman–Crippen MR) is 240 cm³/mol. The highest BCUT2D eigenvalue weighted by Gasteiger charge is 2.21. The smallest absolute Gasteiger partial charge is 0.306 e. The Kier molecular flexibility index (Phi) is 36.5. The summed E-state index contributed by atoms with van der Waals surface area (Å²) < 4.78 is 33.7. The molecular weight excluding hydrogens is 766 g/mol. The van der Waals surface area contributed by atoms with Crippen molar-refractivity contribution in [3.05, 3.63) is 97.2 Å². The summed E-state index contributed by atoms with van der Waals surface area (Å²) in [4.78, 5) is 49.5. The van der Waals surface area contributed by atoms with Gasteiger partial charge in [0.25, 0.3) is 7.82 Å². The van der Waals surface area contributed by atoms with Crippen LogP contribution >= 0.6 is 7.82 Å². The second kappa shape index (κ2) is 38.8. The number of esters is 2. The molecule has 0 heterocycles. The van der Waals surface area contributed by atoms with Crippen LogP contribution in [0.15, 0.2) is 97.2 Å². The van der Waals surface area contributed by atoms with Gasteiger partial charge in [0.05, 0.1) is 27.7 Å². The minimum absolute atomic E-state index is 0.0692. The molecule has 0 fully saturated rings. The zero-order valence-electron chi connectivity index (χ0n) is 37.1. The molecule has 0 amide bonds. The maximum atomic E-state index is 12.6. The van der Waals surface area contributed by atoms with Crippen molar-refractivity contribution in [2.45, 2.75) is 142 Å². The lowest BCUT2D eigenvalue weighted by molar-refractivity contribution is -0.870. The zero-order valence-corrected chi connectivity index (χ0v) is 38.0. The van der Waals surface area contributed by atoms with Gasteiger partial charge in [-0.05, 0) is 76.7 Å². The highest BCUT2D eigenvalue weighted by Crippen LogP contribution is 2.38. The van der Waals surface area contributed by atoms with E-state index < -0.39 is 32.5 Å². The monoisotopic (exact) mass is 844 g/mol. The molecule has 0 spiro atoms. The van der Waals surface area contributed by atoms with Gasteiger partial charge in [-0.3, -0.25) is 18.9 Å². The van der Waals surface area contributed by atoms with E-state index >= 15 is 0 Å². The Hall–Kier alpha value is -3.40. The highest BCUT2D eigenvalue weighted by molar-refractivity contribution is 7.45. The number of carbonyl (C=O) groups excluding carboxylic acids is 3. The fraction of sp³-hybridized carbons (Fsp3) is 0.604. The molecule has 0 N–H and O–H groups in total. The van der Waals surface area contributed by atoms with Crippen molar-refractivity contribution < 1.29 is 46.8 Å². The molecule has 0 aromatic carbocycles. The predicted octanol–water partition coefficient (Wildman–Crippen LogP) is 11.1. The molecule has 10 nitrogen and oxygen atoms in total. The summed E-state index contributed by atoms with van der Waals surface area (Å²) in [6.07, 6.45) is 47.0. The van der Waals surface area contributed by atoms with E-state index in [0.29, 0.717) is 30.3 Å². The molecule has 0 saturated heterocycles. The average Bonchev–Trinajstić information content (AvgIpc) is 3.18. The van der Waals surface area contributed by atoms with Crippen LogP contribution in [0.3, 0.4) is 0 Å². The van der Waals surface area contributed by atoms with Gasteiger partial charge in [0.2, 0.25) is 0 Å². The molecule has 0 rings (SSSR count). The molecular formula is C48H78NO9P. The van der Waals surface area contributed by atoms with Crippen molar-refractivity contribution in [3.8, 4) is 0 Å². The van der Waals surface area contributed by atoms with E-state index in [2.05, 4.69) is 80.7 Å². The first-order chi connectivity index (χ1) is 28.4. The molecule has 0 aromatic rings. The van der Waals surface area contributed by atoms with E-state index in [1.54, 1.807) is 6.08 Å². The van der Waals surface area contributed by atoms with Gasteiger partial charge < -0.3 is 27.9 Å². The number of nitrogens with zero attached hydrogens (tertiary/aromatic N) is 1. The Labute approximate surface area is 358 Å². The first-order valence-corrected chi connectivity index (χ1v) is 23.4. The third-order valence-electron chi connectivity index (χ3n) is 8.58. The van der Waals surface area contributed by atoms with Gasteiger partial charge in [0, 0.05) is 19.3 Å². The van der Waals surface area contributed by atoms with E-state index in [4.69, 9.17) is 18.5 Å². The summed E-state index contributed by atoms with van der Waals surface area (Å²) in [7, 11) is 1.03. The number of likely N-dealkylation sites (N-methyl/N-ethyl adjacent to an activating group) is 1. The van der Waals surface area contributed by atoms with Crippen molar-refractivity contribution in [1.29, 1.82) is 0 Å². The number of carbonyl (C=O) groups is 3. The summed E-state index contributed by atoms with van der Waals surface area (Å²) in [5, 5.41) is 0. The largest absolute Gasteiger partial charge is 0.756 e. The summed E-state index contributed by atoms with van der Waals surface area (Å²) in [5.41, 5.74) is 0. The van der Waals surface area contributed by atoms with Gasteiger partial charge in [0.1, 0.15) is 19.8 Å². The molecule has 0 aliphatic heterocycles. The van der Waals surface area contributed by atoms with Gasteiger partial charge in [-0.25, -0.2) is 0 Å². The summed E-state index contributed by atoms with van der Waals surface area (Å²) in [5.74, 6) is -0.922. The summed E-state index contributed by atoms with van der Waals surface area (Å²) in [6, 6.07) is 0. The van der Waals surface area contributed by atoms with Gasteiger partial charge >= 0.3 is 11.9 Å². The van der Waals surface area contributed by atoms with Crippen LogP contribution in [0.25, 0.3) is 0 Å². The number of allylic oxidation sites excluding steroid dienone is 16. The van der Waals surface area contributed by atoms with Crippen LogP contribution in [-0.4, -0.2) is 75.8 Å². The lowest BCUT2D eigenvalue weighted by Gasteiger charge is -2.28. The van der Waals surface area contributed by atoms with Crippen molar-refractivity contribution in [2.24, 2.45) is 0 Å². The van der Waals surface area contributed by atoms with E-state index in [-0.39, 0.29) is 31.8 Å². The van der Waals surface area contributed by atoms with E-state index in [1.807, 2.05) is 45.4 Å². The quantitative estimate of drug-likeness (QED) is 0.0113. The number of hydrogen-bond donors (Lipinski definition) is 0. The van der Waals surface area contributed by atoms with E-state index in [9.17, 15) is 23.8 Å². The number of ether oxygens (including phenoxy) is 2. The molecule has 0 aliphatic rings. The van der Waals surface area contributed by atoms with Gasteiger partial charge in [0.15, 0.2) is 11.9 Å². The van der Waals surface area contributed by atoms with Crippen LogP contribution in [-0.2, 0) is 37.5 Å². The van der Waals surface area contributed by atoms with Crippen LogP contribution in [0.2, 0.25) is 0 Å². The standard InChI is InChI=1S/C48H78NO9P/c1-6-8-10-12-14-15-16-17-18-19-20-21-22-23-24-25-27-31-36-40-48(52)58-46(44-57-59(53,54)56-42-41-49(3,4)5)43-55-47(51)39-35-32-28-30-34-38-45(50)37-33-29-26-13-11-9-7-2/h8,10,14-15,17-18,20-21,23-24,26-27,29,31,33,37,46H,6-7,9,11-13,16,19,22,25,28,30,32,34-36,38-44H2,1-5H3/b10-8-,15-14-,18-17-,21-20-,24-23-,29-26-,31-27-,37-33+/t46-/m1/s1. The van der Waals surface area contributed by atoms with Crippen LogP contribution in [0.5, 0.6) is 0 Å². The summed E-state index contributed by atoms with van der Waals surface area (Å²) in [6.45, 7) is 3.80. The third-order valence-corrected chi connectivity index (χ3v) is 9.54. The zero-order chi connectivity index (χ0) is 43.7. The molecule has 334 valence electrons. The minimum atomic E-state index is -4.68. The van der Waals surface area contributed by atoms with E-state index in [1.165, 1.54) is 19.3 Å². The lowest BCUT2D eigenvalue weighted by atomic mass is 10.1. The van der Waals surface area contributed by atoms with Crippen LogP contribution < -0.4 is 4.89 Å². The maximum Gasteiger partial charge on any atom is 0.306 e. The Bertz CT molecular complexity index is 1380. The van der Waals surface area contributed by atoms with Crippen molar-refractivity contribution in [3.63, 3.8) is 0 Å². The number of phosphoric acid groups is 1. The van der Waals surface area contributed by atoms with Gasteiger partial charge in [-0.1, -0.05) is 137 Å². The Balaban J connectivity index is 4.60. The molecule has 1 unspecified atom stereocenters. The summed E-state index contributed by atoms with van der Waals surface area (Å²) >= 11 is 0. The molecule has 0 aromatic heterocycles. The normalized spacial score (nSPS) is 14.4. The molecule has 0 bridgehead atoms. The van der Waals surface area contributed by atoms with Crippen molar-refractivity contribution >= 4 is 25.5 Å². The number of rotatable bonds is 38. The van der Waals surface area contributed by atoms with Crippen LogP contribution in [0, 0.1) is 0 Å². The number of phosphoric ester groups is 1. The average molecular weight is 844 g/mol. The van der Waals surface area contributed by atoms with Crippen LogP contribution in [0.1, 0.15) is 136 Å². The number of ketones is 1. The first kappa shape index (κ1) is 55.6. The van der Waals surface area contributed by atoms with Gasteiger partial charge in [-0.15, -0.1) is 0 Å². The Morgan fingerprint density at radius 1 is 0.593 bits per heavy atom. The lowest BCUT2D eigenvalue weighted by Crippen LogP contribution is -2.37. The van der Waals surface area contributed by atoms with Crippen LogP contribution in [0.4, 0.5) is 0 Å². The number of quaternary nitrogens is 1. The number of hydrogen-bond acceptors (Lipinski definition) is 9. The highest BCUT2D eigenvalue weighted by atomic mass is 31.2. The van der Waals surface area contributed by atoms with E-state index in [0.717, 1.165) is 70.6 Å². The van der Waals surface area contributed by atoms with Crippen molar-refractivity contribution in [2.75, 3.05) is 47.5 Å². The fourth-order valence-corrected chi connectivity index (χ4v) is 5.86. The SMILES string of the molecule is CC/C=C\C/C=C\C/C=C\C/C=C\C/C=C\C/C=C\CCC(=O)O[C@H](COC(=O)CCCCCCCC(=O)/C=C/C=C\CCCCC)COP(=O)([O-])OCC[N+](C)(C)C. The maximum absolute atomic E-state index is 12.6. The molecule has 2 atom stereocenters. The Morgan fingerprint density at radius 2 is 1.15 bits per heavy atom. The topological polar surface area (TPSA) is 128 Å². The Morgan fingerprint density at radius 3 is 1.73 bits per heavy atom. The number of unbranched alkanes of at least 4 members (excludes halogenated alkanes) is 7. The van der Waals surface area contributed by atoms with Crippen molar-refractivity contribution in [1.82, 2.24) is 0 Å². The molecule has 0 saturated carbocycles. The first-order valence-electron chi connectivity index (χ1n) is 21.9. The fourth-order valence-electron chi connectivity index (χ4n) is 5.13. The third kappa shape index (κ3) is 42.5. The molecule has 11 heteroatoms. The second-order valence-electron chi connectivity index (χ2n) is 15.4. The molecule has 0 radical (unpaired) electrons. The second-order valence-corrected chi connectivity index (χ2v) is 16.8. The minimum Gasteiger partial charge on any atom is -0.756 e. The molecule has 0 aliphatic carbocycles.